The average molecular weight is 413 g/mol. The Morgan fingerprint density at radius 2 is 1.80 bits per heavy atom. The summed E-state index contributed by atoms with van der Waals surface area (Å²) in [4.78, 5) is 4.68. The van der Waals surface area contributed by atoms with E-state index in [4.69, 9.17) is 9.47 Å². The summed E-state index contributed by atoms with van der Waals surface area (Å²) in [5, 5.41) is 10.5. The standard InChI is InChI=1S/C25H36N2O3/c1-26(20-25(28)22-10-12-23(29-2)13-11-22)19-21-8-6-9-24(18-21)30-17-7-16-27-14-4-3-5-15-27/h6,8-13,18,25,28H,3-5,7,14-17,19-20H2,1-2H3. The Morgan fingerprint density at radius 1 is 1.03 bits per heavy atom. The molecule has 5 heteroatoms. The van der Waals surface area contributed by atoms with E-state index in [0.717, 1.165) is 43.2 Å². The second kappa shape index (κ2) is 11.9. The van der Waals surface area contributed by atoms with Crippen LogP contribution in [0.3, 0.4) is 0 Å². The molecule has 1 unspecified atom stereocenters. The van der Waals surface area contributed by atoms with Crippen LogP contribution in [-0.4, -0.2) is 61.8 Å². The van der Waals surface area contributed by atoms with E-state index in [1.54, 1.807) is 7.11 Å². The fourth-order valence-corrected chi connectivity index (χ4v) is 4.00. The number of likely N-dealkylation sites (N-methyl/N-ethyl adjacent to an activating group) is 1. The van der Waals surface area contributed by atoms with Crippen LogP contribution in [0.15, 0.2) is 48.5 Å². The van der Waals surface area contributed by atoms with Crippen LogP contribution in [0, 0.1) is 0 Å². The Balaban J connectivity index is 1.41. The van der Waals surface area contributed by atoms with Gasteiger partial charge in [-0.1, -0.05) is 30.7 Å². The van der Waals surface area contributed by atoms with E-state index in [0.29, 0.717) is 6.54 Å². The van der Waals surface area contributed by atoms with Crippen molar-refractivity contribution < 1.29 is 14.6 Å². The molecule has 0 aliphatic carbocycles. The summed E-state index contributed by atoms with van der Waals surface area (Å²) in [6, 6.07) is 15.9. The zero-order chi connectivity index (χ0) is 21.2. The maximum atomic E-state index is 10.5. The molecule has 1 atom stereocenters. The van der Waals surface area contributed by atoms with E-state index in [2.05, 4.69) is 21.9 Å². The predicted molar refractivity (Wildman–Crippen MR) is 121 cm³/mol. The van der Waals surface area contributed by atoms with Gasteiger partial charge in [-0.05, 0) is 74.8 Å². The Bertz CT molecular complexity index is 744. The Morgan fingerprint density at radius 3 is 2.53 bits per heavy atom. The number of likely N-dealkylation sites (tertiary alicyclic amines) is 1. The van der Waals surface area contributed by atoms with Gasteiger partial charge in [-0.2, -0.15) is 0 Å². The van der Waals surface area contributed by atoms with E-state index in [1.165, 1.54) is 37.9 Å². The summed E-state index contributed by atoms with van der Waals surface area (Å²) in [6.07, 6.45) is 4.59. The lowest BCUT2D eigenvalue weighted by atomic mass is 10.1. The monoisotopic (exact) mass is 412 g/mol. The first-order valence-corrected chi connectivity index (χ1v) is 11.1. The molecule has 1 saturated heterocycles. The Labute approximate surface area is 181 Å². The van der Waals surface area contributed by atoms with Gasteiger partial charge in [0.2, 0.25) is 0 Å². The number of piperidine rings is 1. The van der Waals surface area contributed by atoms with Crippen LogP contribution in [0.5, 0.6) is 11.5 Å². The van der Waals surface area contributed by atoms with Crippen molar-refractivity contribution in [3.8, 4) is 11.5 Å². The number of ether oxygens (including phenoxy) is 2. The highest BCUT2D eigenvalue weighted by atomic mass is 16.5. The van der Waals surface area contributed by atoms with Crippen LogP contribution in [0.2, 0.25) is 0 Å². The van der Waals surface area contributed by atoms with E-state index in [-0.39, 0.29) is 0 Å². The van der Waals surface area contributed by atoms with Gasteiger partial charge in [-0.25, -0.2) is 0 Å². The van der Waals surface area contributed by atoms with E-state index in [9.17, 15) is 5.11 Å². The van der Waals surface area contributed by atoms with Gasteiger partial charge < -0.3 is 19.5 Å². The van der Waals surface area contributed by atoms with Gasteiger partial charge in [0.1, 0.15) is 11.5 Å². The molecule has 164 valence electrons. The zero-order valence-electron chi connectivity index (χ0n) is 18.4. The van der Waals surface area contributed by atoms with Crippen LogP contribution in [0.4, 0.5) is 0 Å². The minimum atomic E-state index is -0.532. The average Bonchev–Trinajstić information content (AvgIpc) is 2.77. The molecule has 1 aliphatic heterocycles. The van der Waals surface area contributed by atoms with Gasteiger partial charge in [-0.15, -0.1) is 0 Å². The molecule has 3 rings (SSSR count). The van der Waals surface area contributed by atoms with Gasteiger partial charge in [0, 0.05) is 19.6 Å². The van der Waals surface area contributed by atoms with Crippen LogP contribution >= 0.6 is 0 Å². The van der Waals surface area contributed by atoms with Crippen molar-refractivity contribution in [2.75, 3.05) is 46.9 Å². The summed E-state index contributed by atoms with van der Waals surface area (Å²) in [5.74, 6) is 1.72. The summed E-state index contributed by atoms with van der Waals surface area (Å²) in [5.41, 5.74) is 2.08. The Hall–Kier alpha value is -2.08. The van der Waals surface area contributed by atoms with Gasteiger partial charge in [0.15, 0.2) is 0 Å². The fraction of sp³-hybridized carbons (Fsp3) is 0.520. The fourth-order valence-electron chi connectivity index (χ4n) is 4.00. The molecule has 1 aliphatic rings. The molecule has 0 aromatic heterocycles. The molecular formula is C25H36N2O3. The lowest BCUT2D eigenvalue weighted by molar-refractivity contribution is 0.123. The molecule has 0 radical (unpaired) electrons. The van der Waals surface area contributed by atoms with Crippen molar-refractivity contribution in [3.63, 3.8) is 0 Å². The number of rotatable bonds is 11. The number of methoxy groups -OCH3 is 1. The largest absolute Gasteiger partial charge is 0.497 e. The third-order valence-electron chi connectivity index (χ3n) is 5.67. The Kier molecular flexibility index (Phi) is 9.00. The first kappa shape index (κ1) is 22.6. The van der Waals surface area contributed by atoms with Crippen LogP contribution in [0.1, 0.15) is 42.9 Å². The number of benzene rings is 2. The summed E-state index contributed by atoms with van der Waals surface area (Å²) < 4.78 is 11.2. The molecule has 2 aromatic carbocycles. The summed E-state index contributed by atoms with van der Waals surface area (Å²) in [7, 11) is 3.67. The molecule has 30 heavy (non-hydrogen) atoms. The van der Waals surface area contributed by atoms with Gasteiger partial charge in [-0.3, -0.25) is 4.90 Å². The first-order valence-electron chi connectivity index (χ1n) is 11.1. The maximum Gasteiger partial charge on any atom is 0.119 e. The zero-order valence-corrected chi connectivity index (χ0v) is 18.4. The van der Waals surface area contributed by atoms with Gasteiger partial charge in [0.05, 0.1) is 19.8 Å². The highest BCUT2D eigenvalue weighted by molar-refractivity contribution is 5.29. The number of aliphatic hydroxyl groups is 1. The second-order valence-electron chi connectivity index (χ2n) is 8.24. The van der Waals surface area contributed by atoms with E-state index in [1.807, 2.05) is 43.4 Å². The predicted octanol–water partition coefficient (Wildman–Crippen LogP) is 4.12. The van der Waals surface area contributed by atoms with Crippen molar-refractivity contribution in [2.45, 2.75) is 38.3 Å². The highest BCUT2D eigenvalue weighted by Crippen LogP contribution is 2.20. The molecular weight excluding hydrogens is 376 g/mol. The molecule has 0 saturated carbocycles. The summed E-state index contributed by atoms with van der Waals surface area (Å²) in [6.45, 7) is 5.69. The lowest BCUT2D eigenvalue weighted by Gasteiger charge is -2.26. The molecule has 0 spiro atoms. The number of hydrogen-bond donors (Lipinski definition) is 1. The van der Waals surface area contributed by atoms with Crippen molar-refractivity contribution in [2.24, 2.45) is 0 Å². The smallest absolute Gasteiger partial charge is 0.119 e. The van der Waals surface area contributed by atoms with E-state index >= 15 is 0 Å². The number of aliphatic hydroxyl groups excluding tert-OH is 1. The molecule has 0 amide bonds. The molecule has 5 nitrogen and oxygen atoms in total. The third kappa shape index (κ3) is 7.31. The van der Waals surface area contributed by atoms with Crippen molar-refractivity contribution >= 4 is 0 Å². The van der Waals surface area contributed by atoms with Crippen LogP contribution in [0.25, 0.3) is 0 Å². The molecule has 1 N–H and O–H groups in total. The van der Waals surface area contributed by atoms with Gasteiger partial charge >= 0.3 is 0 Å². The van der Waals surface area contributed by atoms with Gasteiger partial charge in [0.25, 0.3) is 0 Å². The SMILES string of the molecule is COc1ccc(C(O)CN(C)Cc2cccc(OCCCN3CCCCC3)c2)cc1. The molecule has 0 bridgehead atoms. The first-order chi connectivity index (χ1) is 14.6. The maximum absolute atomic E-state index is 10.5. The third-order valence-corrected chi connectivity index (χ3v) is 5.67. The highest BCUT2D eigenvalue weighted by Gasteiger charge is 2.12. The van der Waals surface area contributed by atoms with Crippen molar-refractivity contribution in [3.05, 3.63) is 59.7 Å². The quantitative estimate of drug-likeness (QED) is 0.563. The minimum absolute atomic E-state index is 0.532. The molecule has 2 aromatic rings. The number of nitrogens with zero attached hydrogens (tertiary/aromatic N) is 2. The van der Waals surface area contributed by atoms with Crippen molar-refractivity contribution in [1.82, 2.24) is 9.80 Å². The summed E-state index contributed by atoms with van der Waals surface area (Å²) >= 11 is 0. The van der Waals surface area contributed by atoms with E-state index < -0.39 is 6.10 Å². The number of hydrogen-bond acceptors (Lipinski definition) is 5. The lowest BCUT2D eigenvalue weighted by Crippen LogP contribution is -2.31. The second-order valence-corrected chi connectivity index (χ2v) is 8.24. The normalized spacial score (nSPS) is 15.9. The molecule has 1 heterocycles. The molecule has 1 fully saturated rings. The topological polar surface area (TPSA) is 45.2 Å². The van der Waals surface area contributed by atoms with Crippen LogP contribution in [-0.2, 0) is 6.54 Å². The van der Waals surface area contributed by atoms with Crippen molar-refractivity contribution in [1.29, 1.82) is 0 Å². The van der Waals surface area contributed by atoms with Crippen LogP contribution < -0.4 is 9.47 Å². The minimum Gasteiger partial charge on any atom is -0.497 e.